The van der Waals surface area contributed by atoms with Crippen LogP contribution in [0.3, 0.4) is 0 Å². The summed E-state index contributed by atoms with van der Waals surface area (Å²) in [4.78, 5) is 11.8. The molecule has 4 heteroatoms. The lowest BCUT2D eigenvalue weighted by molar-refractivity contribution is 0.212. The molecule has 0 heterocycles. The Morgan fingerprint density at radius 1 is 1.21 bits per heavy atom. The zero-order valence-electron chi connectivity index (χ0n) is 12.2. The zero-order valence-corrected chi connectivity index (χ0v) is 12.2. The van der Waals surface area contributed by atoms with Crippen molar-refractivity contribution in [2.45, 2.75) is 46.2 Å². The summed E-state index contributed by atoms with van der Waals surface area (Å²) in [5, 5.41) is 14.7. The van der Waals surface area contributed by atoms with Crippen LogP contribution in [0.4, 0.5) is 4.79 Å². The molecule has 0 spiro atoms. The van der Waals surface area contributed by atoms with Crippen molar-refractivity contribution in [3.63, 3.8) is 0 Å². The molecule has 2 atom stereocenters. The number of aliphatic hydroxyl groups excluding tert-OH is 1. The molecule has 3 N–H and O–H groups in total. The molecule has 0 radical (unpaired) electrons. The third kappa shape index (κ3) is 4.91. The maximum atomic E-state index is 11.8. The molecule has 106 valence electrons. The summed E-state index contributed by atoms with van der Waals surface area (Å²) < 4.78 is 0. The number of aliphatic hydroxyl groups is 1. The van der Waals surface area contributed by atoms with Crippen LogP contribution in [-0.4, -0.2) is 23.8 Å². The monoisotopic (exact) mass is 264 g/mol. The molecule has 0 fully saturated rings. The number of nitrogens with one attached hydrogen (secondary N) is 2. The van der Waals surface area contributed by atoms with Crippen LogP contribution >= 0.6 is 0 Å². The number of carbonyl (C=O) groups is 1. The predicted molar refractivity (Wildman–Crippen MR) is 77.2 cm³/mol. The molecule has 0 saturated carbocycles. The van der Waals surface area contributed by atoms with Gasteiger partial charge < -0.3 is 15.7 Å². The van der Waals surface area contributed by atoms with Crippen LogP contribution in [0.15, 0.2) is 18.2 Å². The summed E-state index contributed by atoms with van der Waals surface area (Å²) in [6.45, 7) is 7.92. The smallest absolute Gasteiger partial charge is 0.315 e. The fraction of sp³-hybridized carbons (Fsp3) is 0.533. The fourth-order valence-electron chi connectivity index (χ4n) is 2.04. The van der Waals surface area contributed by atoms with Gasteiger partial charge in [-0.3, -0.25) is 0 Å². The Hall–Kier alpha value is -1.55. The summed E-state index contributed by atoms with van der Waals surface area (Å²) in [5.74, 6) is 0. The van der Waals surface area contributed by atoms with E-state index in [4.69, 9.17) is 5.11 Å². The predicted octanol–water partition coefficient (Wildman–Crippen LogP) is 2.43. The van der Waals surface area contributed by atoms with Gasteiger partial charge in [0, 0.05) is 0 Å². The van der Waals surface area contributed by atoms with E-state index in [1.165, 1.54) is 11.1 Å². The summed E-state index contributed by atoms with van der Waals surface area (Å²) in [6, 6.07) is 5.76. The van der Waals surface area contributed by atoms with Crippen LogP contribution in [0.1, 0.15) is 43.0 Å². The van der Waals surface area contributed by atoms with Crippen molar-refractivity contribution in [1.82, 2.24) is 10.6 Å². The first-order chi connectivity index (χ1) is 8.96. The van der Waals surface area contributed by atoms with Crippen LogP contribution in [0.25, 0.3) is 0 Å². The van der Waals surface area contributed by atoms with Crippen LogP contribution < -0.4 is 10.6 Å². The van der Waals surface area contributed by atoms with Gasteiger partial charge in [0.1, 0.15) is 0 Å². The van der Waals surface area contributed by atoms with E-state index in [0.29, 0.717) is 6.42 Å². The Balaban J connectivity index is 2.63. The summed E-state index contributed by atoms with van der Waals surface area (Å²) in [7, 11) is 0. The van der Waals surface area contributed by atoms with Gasteiger partial charge in [-0.15, -0.1) is 0 Å². The molecule has 0 aliphatic carbocycles. The number of aryl methyl sites for hydroxylation is 2. The number of amides is 2. The Kier molecular flexibility index (Phi) is 5.83. The third-order valence-electron chi connectivity index (χ3n) is 3.14. The highest BCUT2D eigenvalue weighted by Gasteiger charge is 2.13. The van der Waals surface area contributed by atoms with E-state index in [9.17, 15) is 4.79 Å². The van der Waals surface area contributed by atoms with E-state index in [-0.39, 0.29) is 24.7 Å². The highest BCUT2D eigenvalue weighted by atomic mass is 16.3. The molecule has 4 nitrogen and oxygen atoms in total. The Bertz CT molecular complexity index is 408. The average Bonchev–Trinajstić information content (AvgIpc) is 2.34. The van der Waals surface area contributed by atoms with Crippen LogP contribution in [0.5, 0.6) is 0 Å². The molecular formula is C15H24N2O2. The molecule has 19 heavy (non-hydrogen) atoms. The van der Waals surface area contributed by atoms with Crippen molar-refractivity contribution in [3.05, 3.63) is 34.9 Å². The van der Waals surface area contributed by atoms with Crippen molar-refractivity contribution >= 4 is 6.03 Å². The molecule has 1 aromatic carbocycles. The second-order valence-electron chi connectivity index (χ2n) is 5.05. The van der Waals surface area contributed by atoms with E-state index in [2.05, 4.69) is 28.8 Å². The molecule has 0 saturated heterocycles. The molecule has 1 aromatic rings. The van der Waals surface area contributed by atoms with Crippen molar-refractivity contribution in [2.75, 3.05) is 6.61 Å². The van der Waals surface area contributed by atoms with Crippen molar-refractivity contribution in [3.8, 4) is 0 Å². The van der Waals surface area contributed by atoms with Crippen LogP contribution in [-0.2, 0) is 0 Å². The molecule has 2 unspecified atom stereocenters. The fourth-order valence-corrected chi connectivity index (χ4v) is 2.04. The quantitative estimate of drug-likeness (QED) is 0.765. The first-order valence-corrected chi connectivity index (χ1v) is 6.72. The van der Waals surface area contributed by atoms with Crippen molar-refractivity contribution < 1.29 is 9.90 Å². The third-order valence-corrected chi connectivity index (χ3v) is 3.14. The van der Waals surface area contributed by atoms with Gasteiger partial charge in [0.2, 0.25) is 0 Å². The Morgan fingerprint density at radius 3 is 2.26 bits per heavy atom. The number of rotatable bonds is 5. The van der Waals surface area contributed by atoms with E-state index < -0.39 is 0 Å². The largest absolute Gasteiger partial charge is 0.394 e. The first kappa shape index (κ1) is 15.5. The number of hydrogen-bond donors (Lipinski definition) is 3. The lowest BCUT2D eigenvalue weighted by Crippen LogP contribution is -2.44. The maximum absolute atomic E-state index is 11.8. The normalized spacial score (nSPS) is 13.7. The van der Waals surface area contributed by atoms with Gasteiger partial charge >= 0.3 is 6.03 Å². The average molecular weight is 264 g/mol. The Morgan fingerprint density at radius 2 is 1.79 bits per heavy atom. The van der Waals surface area contributed by atoms with Gasteiger partial charge in [-0.2, -0.15) is 0 Å². The van der Waals surface area contributed by atoms with Crippen molar-refractivity contribution in [1.29, 1.82) is 0 Å². The van der Waals surface area contributed by atoms with E-state index in [1.54, 1.807) is 0 Å². The molecule has 0 aromatic heterocycles. The minimum atomic E-state index is -0.243. The Labute approximate surface area is 115 Å². The van der Waals surface area contributed by atoms with E-state index >= 15 is 0 Å². The number of urea groups is 1. The first-order valence-electron chi connectivity index (χ1n) is 6.72. The molecule has 0 bridgehead atoms. The maximum Gasteiger partial charge on any atom is 0.315 e. The van der Waals surface area contributed by atoms with Gasteiger partial charge in [0.15, 0.2) is 0 Å². The lowest BCUT2D eigenvalue weighted by Gasteiger charge is -2.19. The second-order valence-corrected chi connectivity index (χ2v) is 5.05. The molecule has 0 aliphatic heterocycles. The molecule has 2 amide bonds. The zero-order chi connectivity index (χ0) is 14.4. The van der Waals surface area contributed by atoms with Gasteiger partial charge in [-0.05, 0) is 32.8 Å². The van der Waals surface area contributed by atoms with Crippen LogP contribution in [0.2, 0.25) is 0 Å². The highest BCUT2D eigenvalue weighted by Crippen LogP contribution is 2.16. The van der Waals surface area contributed by atoms with Gasteiger partial charge in [0.05, 0.1) is 18.7 Å². The summed E-state index contributed by atoms with van der Waals surface area (Å²) in [6.07, 6.45) is 0.710. The summed E-state index contributed by atoms with van der Waals surface area (Å²) in [5.41, 5.74) is 3.46. The summed E-state index contributed by atoms with van der Waals surface area (Å²) >= 11 is 0. The lowest BCUT2D eigenvalue weighted by atomic mass is 10.0. The number of carbonyl (C=O) groups excluding carboxylic acids is 1. The number of hydrogen-bond acceptors (Lipinski definition) is 2. The van der Waals surface area contributed by atoms with Crippen molar-refractivity contribution in [2.24, 2.45) is 0 Å². The topological polar surface area (TPSA) is 61.4 Å². The van der Waals surface area contributed by atoms with Gasteiger partial charge in [-0.1, -0.05) is 36.2 Å². The minimum Gasteiger partial charge on any atom is -0.394 e. The van der Waals surface area contributed by atoms with Crippen LogP contribution in [0, 0.1) is 13.8 Å². The van der Waals surface area contributed by atoms with E-state index in [1.807, 2.05) is 27.7 Å². The molecule has 0 aliphatic rings. The van der Waals surface area contributed by atoms with E-state index in [0.717, 1.165) is 5.56 Å². The SMILES string of the molecule is CCC(CO)NC(=O)NC(C)c1cc(C)cc(C)c1. The number of benzene rings is 1. The minimum absolute atomic E-state index is 0.0398. The molecule has 1 rings (SSSR count). The standard InChI is InChI=1S/C15H24N2O2/c1-5-14(9-18)17-15(19)16-12(4)13-7-10(2)6-11(3)8-13/h6-8,12,14,18H,5,9H2,1-4H3,(H2,16,17,19). The van der Waals surface area contributed by atoms with Gasteiger partial charge in [0.25, 0.3) is 0 Å². The molecular weight excluding hydrogens is 240 g/mol. The van der Waals surface area contributed by atoms with Gasteiger partial charge in [-0.25, -0.2) is 4.79 Å². The highest BCUT2D eigenvalue weighted by molar-refractivity contribution is 5.74. The second kappa shape index (κ2) is 7.14.